The number of hydrogen-bond donors (Lipinski definition) is 2. The Morgan fingerprint density at radius 1 is 1.16 bits per heavy atom. The second-order valence-corrected chi connectivity index (χ2v) is 6.01. The molecule has 0 saturated carbocycles. The van der Waals surface area contributed by atoms with Crippen LogP contribution in [-0.2, 0) is 4.79 Å². The predicted octanol–water partition coefficient (Wildman–Crippen LogP) is 3.44. The van der Waals surface area contributed by atoms with E-state index in [2.05, 4.69) is 5.32 Å². The fraction of sp³-hybridized carbons (Fsp3) is 0.200. The topological polar surface area (TPSA) is 85.3 Å². The smallest absolute Gasteiger partial charge is 0.336 e. The zero-order chi connectivity index (χ0) is 18.0. The first-order chi connectivity index (χ1) is 12.0. The summed E-state index contributed by atoms with van der Waals surface area (Å²) in [5.41, 5.74) is 9.01. The highest BCUT2D eigenvalue weighted by Crippen LogP contribution is 2.31. The third-order valence-electron chi connectivity index (χ3n) is 4.27. The number of nitrogens with one attached hydrogen (secondary N) is 1. The Morgan fingerprint density at radius 2 is 1.92 bits per heavy atom. The molecule has 128 valence electrons. The lowest BCUT2D eigenvalue weighted by Gasteiger charge is -2.15. The average molecular weight is 336 g/mol. The molecule has 0 radical (unpaired) electrons. The lowest BCUT2D eigenvalue weighted by atomic mass is 9.98. The summed E-state index contributed by atoms with van der Waals surface area (Å²) >= 11 is 0. The van der Waals surface area contributed by atoms with Crippen LogP contribution < -0.4 is 16.7 Å². The molecule has 1 amide bonds. The molecular formula is C20H20N2O3. The number of aryl methyl sites for hydroxylation is 1. The van der Waals surface area contributed by atoms with E-state index in [0.717, 1.165) is 22.1 Å². The van der Waals surface area contributed by atoms with Crippen molar-refractivity contribution in [1.29, 1.82) is 0 Å². The van der Waals surface area contributed by atoms with E-state index in [1.54, 1.807) is 6.07 Å². The van der Waals surface area contributed by atoms with E-state index in [1.165, 1.54) is 6.07 Å². The SMILES string of the molecule is CCC(Nc1ccc2c(-c3ccccc3C)cc(=O)oc2c1)C(N)=O. The molecule has 0 aliphatic carbocycles. The predicted molar refractivity (Wildman–Crippen MR) is 99.6 cm³/mol. The molecule has 5 heteroatoms. The summed E-state index contributed by atoms with van der Waals surface area (Å²) < 4.78 is 5.37. The monoisotopic (exact) mass is 336 g/mol. The molecule has 0 fully saturated rings. The lowest BCUT2D eigenvalue weighted by molar-refractivity contribution is -0.118. The molecular weight excluding hydrogens is 316 g/mol. The van der Waals surface area contributed by atoms with Gasteiger partial charge >= 0.3 is 5.63 Å². The van der Waals surface area contributed by atoms with E-state index in [9.17, 15) is 9.59 Å². The van der Waals surface area contributed by atoms with E-state index in [0.29, 0.717) is 17.7 Å². The highest BCUT2D eigenvalue weighted by molar-refractivity contribution is 5.95. The maximum atomic E-state index is 12.0. The molecule has 0 aliphatic heterocycles. The minimum absolute atomic E-state index is 0.412. The van der Waals surface area contributed by atoms with Crippen molar-refractivity contribution in [2.75, 3.05) is 5.32 Å². The minimum atomic E-state index is -0.469. The van der Waals surface area contributed by atoms with E-state index < -0.39 is 17.6 Å². The lowest BCUT2D eigenvalue weighted by Crippen LogP contribution is -2.34. The Bertz CT molecular complexity index is 992. The van der Waals surface area contributed by atoms with Crippen molar-refractivity contribution in [3.8, 4) is 11.1 Å². The van der Waals surface area contributed by atoms with Crippen LogP contribution in [0, 0.1) is 6.92 Å². The Balaban J connectivity index is 2.12. The van der Waals surface area contributed by atoms with Crippen LogP contribution in [0.1, 0.15) is 18.9 Å². The number of fused-ring (bicyclic) bond motifs is 1. The summed E-state index contributed by atoms with van der Waals surface area (Å²) in [6.07, 6.45) is 0.570. The molecule has 3 rings (SSSR count). The van der Waals surface area contributed by atoms with Crippen LogP contribution >= 0.6 is 0 Å². The first kappa shape index (κ1) is 16.8. The Hall–Kier alpha value is -3.08. The van der Waals surface area contributed by atoms with Gasteiger partial charge in [0.05, 0.1) is 0 Å². The van der Waals surface area contributed by atoms with Gasteiger partial charge in [0.15, 0.2) is 0 Å². The first-order valence-electron chi connectivity index (χ1n) is 8.19. The number of carbonyl (C=O) groups is 1. The van der Waals surface area contributed by atoms with Gasteiger partial charge < -0.3 is 15.5 Å². The molecule has 1 atom stereocenters. The van der Waals surface area contributed by atoms with Gasteiger partial charge in [0.1, 0.15) is 11.6 Å². The third kappa shape index (κ3) is 3.40. The maximum Gasteiger partial charge on any atom is 0.336 e. The number of carbonyl (C=O) groups excluding carboxylic acids is 1. The molecule has 0 aliphatic rings. The number of hydrogen-bond acceptors (Lipinski definition) is 4. The number of primary amides is 1. The normalized spacial score (nSPS) is 12.1. The van der Waals surface area contributed by atoms with Crippen LogP contribution in [0.2, 0.25) is 0 Å². The van der Waals surface area contributed by atoms with Gasteiger partial charge in [-0.05, 0) is 36.6 Å². The van der Waals surface area contributed by atoms with Gasteiger partial charge in [-0.3, -0.25) is 4.79 Å². The second-order valence-electron chi connectivity index (χ2n) is 6.01. The Labute approximate surface area is 145 Å². The van der Waals surface area contributed by atoms with E-state index >= 15 is 0 Å². The number of anilines is 1. The zero-order valence-electron chi connectivity index (χ0n) is 14.2. The molecule has 1 heterocycles. The first-order valence-corrected chi connectivity index (χ1v) is 8.19. The molecule has 3 aromatic rings. The number of amides is 1. The van der Waals surface area contributed by atoms with Crippen molar-refractivity contribution in [2.45, 2.75) is 26.3 Å². The second kappa shape index (κ2) is 6.81. The van der Waals surface area contributed by atoms with Gasteiger partial charge in [-0.25, -0.2) is 4.79 Å². The summed E-state index contributed by atoms with van der Waals surface area (Å²) in [4.78, 5) is 23.4. The third-order valence-corrected chi connectivity index (χ3v) is 4.27. The van der Waals surface area contributed by atoms with Crippen molar-refractivity contribution in [3.63, 3.8) is 0 Å². The molecule has 5 nitrogen and oxygen atoms in total. The number of nitrogens with two attached hydrogens (primary N) is 1. The maximum absolute atomic E-state index is 12.0. The van der Waals surface area contributed by atoms with Crippen LogP contribution in [0.25, 0.3) is 22.1 Å². The molecule has 1 aromatic heterocycles. The molecule has 0 spiro atoms. The molecule has 3 N–H and O–H groups in total. The van der Waals surface area contributed by atoms with E-state index in [-0.39, 0.29) is 0 Å². The van der Waals surface area contributed by atoms with Crippen LogP contribution in [0.3, 0.4) is 0 Å². The van der Waals surface area contributed by atoms with E-state index in [1.807, 2.05) is 50.2 Å². The van der Waals surface area contributed by atoms with Gasteiger partial charge in [-0.1, -0.05) is 31.2 Å². The molecule has 25 heavy (non-hydrogen) atoms. The van der Waals surface area contributed by atoms with Crippen molar-refractivity contribution in [3.05, 3.63) is 64.5 Å². The summed E-state index contributed by atoms with van der Waals surface area (Å²) in [6.45, 7) is 3.88. The standard InChI is InChI=1S/C20H20N2O3/c1-3-17(20(21)24)22-13-8-9-15-16(11-19(23)25-18(15)10-13)14-7-5-4-6-12(14)2/h4-11,17,22H,3H2,1-2H3,(H2,21,24). The fourth-order valence-corrected chi connectivity index (χ4v) is 2.93. The van der Waals surface area contributed by atoms with Crippen molar-refractivity contribution >= 4 is 22.6 Å². The van der Waals surface area contributed by atoms with Crippen molar-refractivity contribution in [2.24, 2.45) is 5.73 Å². The summed E-state index contributed by atoms with van der Waals surface area (Å²) in [5.74, 6) is -0.419. The van der Waals surface area contributed by atoms with Crippen LogP contribution in [0.5, 0.6) is 0 Å². The molecule has 2 aromatic carbocycles. The quantitative estimate of drug-likeness (QED) is 0.699. The van der Waals surface area contributed by atoms with Gasteiger partial charge in [0.2, 0.25) is 5.91 Å². The Morgan fingerprint density at radius 3 is 2.60 bits per heavy atom. The van der Waals surface area contributed by atoms with Gasteiger partial charge in [-0.15, -0.1) is 0 Å². The molecule has 0 saturated heterocycles. The van der Waals surface area contributed by atoms with Gasteiger partial charge in [-0.2, -0.15) is 0 Å². The largest absolute Gasteiger partial charge is 0.423 e. The highest BCUT2D eigenvalue weighted by Gasteiger charge is 2.14. The van der Waals surface area contributed by atoms with Crippen LogP contribution in [-0.4, -0.2) is 11.9 Å². The summed E-state index contributed by atoms with van der Waals surface area (Å²) in [5, 5.41) is 3.91. The van der Waals surface area contributed by atoms with Crippen LogP contribution in [0.4, 0.5) is 5.69 Å². The average Bonchev–Trinajstić information content (AvgIpc) is 2.58. The fourth-order valence-electron chi connectivity index (χ4n) is 2.93. The van der Waals surface area contributed by atoms with Crippen molar-refractivity contribution < 1.29 is 9.21 Å². The van der Waals surface area contributed by atoms with Gasteiger partial charge in [0.25, 0.3) is 0 Å². The summed E-state index contributed by atoms with van der Waals surface area (Å²) in [6, 6.07) is 14.4. The molecule has 0 bridgehead atoms. The minimum Gasteiger partial charge on any atom is -0.423 e. The summed E-state index contributed by atoms with van der Waals surface area (Å²) in [7, 11) is 0. The number of benzene rings is 2. The van der Waals surface area contributed by atoms with E-state index in [4.69, 9.17) is 10.2 Å². The zero-order valence-corrected chi connectivity index (χ0v) is 14.2. The highest BCUT2D eigenvalue weighted by atomic mass is 16.4. The van der Waals surface area contributed by atoms with Gasteiger partial charge in [0, 0.05) is 28.8 Å². The van der Waals surface area contributed by atoms with Crippen molar-refractivity contribution in [1.82, 2.24) is 0 Å². The number of rotatable bonds is 5. The molecule has 1 unspecified atom stereocenters. The Kier molecular flexibility index (Phi) is 4.57. The van der Waals surface area contributed by atoms with Crippen LogP contribution in [0.15, 0.2) is 57.7 Å².